The van der Waals surface area contributed by atoms with Crippen LogP contribution in [0.2, 0.25) is 5.02 Å². The Bertz CT molecular complexity index is 659. The molecule has 0 fully saturated rings. The van der Waals surface area contributed by atoms with Crippen molar-refractivity contribution in [1.29, 1.82) is 0 Å². The van der Waals surface area contributed by atoms with Crippen LogP contribution in [0.15, 0.2) is 36.4 Å². The average molecular weight is 293 g/mol. The highest BCUT2D eigenvalue weighted by Gasteiger charge is 2.19. The predicted molar refractivity (Wildman–Crippen MR) is 77.3 cm³/mol. The lowest BCUT2D eigenvalue weighted by Gasteiger charge is -2.12. The van der Waals surface area contributed by atoms with Gasteiger partial charge in [-0.2, -0.15) is 0 Å². The molecule has 0 aromatic heterocycles. The number of nitrogens with two attached hydrogens (primary N) is 1. The molecule has 5 nitrogen and oxygen atoms in total. The van der Waals surface area contributed by atoms with Gasteiger partial charge in [0.25, 0.3) is 0 Å². The zero-order valence-electron chi connectivity index (χ0n) is 10.8. The van der Waals surface area contributed by atoms with Gasteiger partial charge < -0.3 is 10.5 Å². The molecule has 0 spiro atoms. The van der Waals surface area contributed by atoms with E-state index in [1.165, 1.54) is 0 Å². The first-order chi connectivity index (χ1) is 9.54. The monoisotopic (exact) mass is 292 g/mol. The van der Waals surface area contributed by atoms with Crippen molar-refractivity contribution in [2.24, 2.45) is 5.73 Å². The molecule has 104 valence electrons. The number of nitro benzene ring substituents is 1. The molecule has 2 aromatic rings. The Kier molecular flexibility index (Phi) is 4.22. The first-order valence-corrected chi connectivity index (χ1v) is 6.31. The lowest BCUT2D eigenvalue weighted by molar-refractivity contribution is -0.386. The Morgan fingerprint density at radius 2 is 1.90 bits per heavy atom. The van der Waals surface area contributed by atoms with Gasteiger partial charge in [0.15, 0.2) is 0 Å². The molecule has 0 unspecified atom stereocenters. The van der Waals surface area contributed by atoms with Gasteiger partial charge in [0.2, 0.25) is 5.75 Å². The molecular weight excluding hydrogens is 280 g/mol. The van der Waals surface area contributed by atoms with Crippen LogP contribution in [-0.4, -0.2) is 4.92 Å². The zero-order valence-corrected chi connectivity index (χ0v) is 11.6. The summed E-state index contributed by atoms with van der Waals surface area (Å²) in [6, 6.07) is 9.99. The summed E-state index contributed by atoms with van der Waals surface area (Å²) in [4.78, 5) is 10.7. The number of hydrogen-bond acceptors (Lipinski definition) is 4. The molecule has 2 N–H and O–H groups in total. The Labute approximate surface area is 121 Å². The van der Waals surface area contributed by atoms with E-state index in [4.69, 9.17) is 22.1 Å². The lowest BCUT2D eigenvalue weighted by atomic mass is 10.1. The van der Waals surface area contributed by atoms with Crippen molar-refractivity contribution in [1.82, 2.24) is 0 Å². The van der Waals surface area contributed by atoms with Crippen molar-refractivity contribution in [3.8, 4) is 11.5 Å². The summed E-state index contributed by atoms with van der Waals surface area (Å²) in [6.45, 7) is 1.85. The summed E-state index contributed by atoms with van der Waals surface area (Å²) < 4.78 is 5.65. The molecule has 0 radical (unpaired) electrons. The van der Waals surface area contributed by atoms with Crippen molar-refractivity contribution in [2.45, 2.75) is 13.5 Å². The molecule has 20 heavy (non-hydrogen) atoms. The van der Waals surface area contributed by atoms with E-state index in [1.807, 2.05) is 0 Å². The van der Waals surface area contributed by atoms with Gasteiger partial charge in [-0.15, -0.1) is 0 Å². The highest BCUT2D eigenvalue weighted by molar-refractivity contribution is 6.31. The minimum absolute atomic E-state index is 0.0598. The van der Waals surface area contributed by atoms with Crippen LogP contribution in [-0.2, 0) is 6.54 Å². The number of nitro groups is 1. The molecule has 0 aliphatic heterocycles. The molecule has 0 saturated carbocycles. The summed E-state index contributed by atoms with van der Waals surface area (Å²) >= 11 is 6.04. The fourth-order valence-corrected chi connectivity index (χ4v) is 2.14. The van der Waals surface area contributed by atoms with E-state index < -0.39 is 4.92 Å². The Balaban J connectivity index is 2.48. The molecule has 6 heteroatoms. The smallest absolute Gasteiger partial charge is 0.314 e. The number of ether oxygens (including phenoxy) is 1. The maximum atomic E-state index is 11.1. The summed E-state index contributed by atoms with van der Waals surface area (Å²) in [5, 5.41) is 11.6. The van der Waals surface area contributed by atoms with Gasteiger partial charge in [0, 0.05) is 22.7 Å². The third-order valence-corrected chi connectivity index (χ3v) is 3.24. The van der Waals surface area contributed by atoms with E-state index in [2.05, 4.69) is 0 Å². The second-order valence-electron chi connectivity index (χ2n) is 4.20. The predicted octanol–water partition coefficient (Wildman–Crippen LogP) is 3.81. The Morgan fingerprint density at radius 1 is 1.25 bits per heavy atom. The summed E-state index contributed by atoms with van der Waals surface area (Å²) in [6.07, 6.45) is 0. The van der Waals surface area contributed by atoms with Crippen LogP contribution in [0.5, 0.6) is 11.5 Å². The second kappa shape index (κ2) is 5.90. The van der Waals surface area contributed by atoms with Gasteiger partial charge in [0.1, 0.15) is 5.75 Å². The van der Waals surface area contributed by atoms with Crippen molar-refractivity contribution >= 4 is 17.3 Å². The van der Waals surface area contributed by atoms with E-state index in [0.717, 1.165) is 0 Å². The topological polar surface area (TPSA) is 78.4 Å². The van der Waals surface area contributed by atoms with Crippen LogP contribution < -0.4 is 10.5 Å². The maximum Gasteiger partial charge on any atom is 0.314 e. The second-order valence-corrected chi connectivity index (χ2v) is 4.61. The van der Waals surface area contributed by atoms with Crippen LogP contribution in [0.25, 0.3) is 0 Å². The minimum atomic E-state index is -0.461. The number of halogens is 1. The summed E-state index contributed by atoms with van der Waals surface area (Å²) in [5.74, 6) is 0.598. The third kappa shape index (κ3) is 2.74. The van der Waals surface area contributed by atoms with E-state index in [9.17, 15) is 10.1 Å². The Morgan fingerprint density at radius 3 is 2.55 bits per heavy atom. The summed E-state index contributed by atoms with van der Waals surface area (Å²) in [5.41, 5.74) is 6.72. The largest absolute Gasteiger partial charge is 0.450 e. The van der Waals surface area contributed by atoms with Crippen LogP contribution >= 0.6 is 11.6 Å². The van der Waals surface area contributed by atoms with Gasteiger partial charge in [0.05, 0.1) is 4.92 Å². The van der Waals surface area contributed by atoms with Crippen LogP contribution in [0.3, 0.4) is 0 Å². The van der Waals surface area contributed by atoms with Gasteiger partial charge in [-0.1, -0.05) is 29.8 Å². The van der Waals surface area contributed by atoms with Gasteiger partial charge in [-0.05, 0) is 25.1 Å². The summed E-state index contributed by atoms with van der Waals surface area (Å²) in [7, 11) is 0. The van der Waals surface area contributed by atoms with E-state index in [1.54, 1.807) is 43.3 Å². The number of hydrogen-bond donors (Lipinski definition) is 1. The highest BCUT2D eigenvalue weighted by Crippen LogP contribution is 2.36. The van der Waals surface area contributed by atoms with E-state index in [0.29, 0.717) is 21.9 Å². The third-order valence-electron chi connectivity index (χ3n) is 2.88. The van der Waals surface area contributed by atoms with Crippen LogP contribution in [0.4, 0.5) is 5.69 Å². The normalized spacial score (nSPS) is 10.3. The van der Waals surface area contributed by atoms with Gasteiger partial charge in [-0.25, -0.2) is 0 Å². The number of rotatable bonds is 4. The fraction of sp³-hybridized carbons (Fsp3) is 0.143. The number of aryl methyl sites for hydroxylation is 1. The number of benzene rings is 2. The quantitative estimate of drug-likeness (QED) is 0.686. The molecular formula is C14H13ClN2O3. The molecule has 0 aliphatic rings. The minimum Gasteiger partial charge on any atom is -0.450 e. The van der Waals surface area contributed by atoms with Crippen molar-refractivity contribution in [3.63, 3.8) is 0 Å². The molecule has 0 atom stereocenters. The standard InChI is InChI=1S/C14H13ClN2O3/c1-9-4-2-7-13(14(9)17(18)19)20-12-6-3-5-11(15)10(12)8-16/h2-7H,8,16H2,1H3. The van der Waals surface area contributed by atoms with Crippen molar-refractivity contribution in [2.75, 3.05) is 0 Å². The Hall–Kier alpha value is -2.11. The maximum absolute atomic E-state index is 11.1. The molecule has 2 rings (SSSR count). The highest BCUT2D eigenvalue weighted by atomic mass is 35.5. The zero-order chi connectivity index (χ0) is 14.7. The van der Waals surface area contributed by atoms with E-state index >= 15 is 0 Å². The molecule has 0 heterocycles. The van der Waals surface area contributed by atoms with Crippen molar-refractivity contribution in [3.05, 3.63) is 62.7 Å². The molecule has 2 aromatic carbocycles. The molecule has 0 aliphatic carbocycles. The van der Waals surface area contributed by atoms with Gasteiger partial charge >= 0.3 is 5.69 Å². The SMILES string of the molecule is Cc1cccc(Oc2cccc(Cl)c2CN)c1[N+](=O)[O-]. The molecule has 0 amide bonds. The average Bonchev–Trinajstić information content (AvgIpc) is 2.38. The first kappa shape index (κ1) is 14.3. The van der Waals surface area contributed by atoms with E-state index in [-0.39, 0.29) is 18.0 Å². The lowest BCUT2D eigenvalue weighted by Crippen LogP contribution is -2.02. The number of para-hydroxylation sites is 1. The van der Waals surface area contributed by atoms with Crippen molar-refractivity contribution < 1.29 is 9.66 Å². The molecule has 0 saturated heterocycles. The van der Waals surface area contributed by atoms with Crippen LogP contribution in [0, 0.1) is 17.0 Å². The fourth-order valence-electron chi connectivity index (χ4n) is 1.90. The van der Waals surface area contributed by atoms with Crippen LogP contribution in [0.1, 0.15) is 11.1 Å². The first-order valence-electron chi connectivity index (χ1n) is 5.94. The molecule has 0 bridgehead atoms. The number of nitrogens with zero attached hydrogens (tertiary/aromatic N) is 1. The van der Waals surface area contributed by atoms with Gasteiger partial charge in [-0.3, -0.25) is 10.1 Å².